The van der Waals surface area contributed by atoms with Crippen LogP contribution in [0.25, 0.3) is 16.9 Å². The molecule has 2 aromatic carbocycles. The standard InChI is InChI=1S/C24H25N5O4/c1-15(30)27-18-7-5-6-17(12-18)19-14-26-23-9-8-22(28-29(19)23)25-13-16-10-20(31-2)24(33-4)21(11-16)32-3/h5-12,14H,13H2,1-4H3,(H,25,28)(H,27,30). The minimum atomic E-state index is -0.123. The fraction of sp³-hybridized carbons (Fsp3) is 0.208. The Morgan fingerprint density at radius 2 is 1.76 bits per heavy atom. The number of aromatic nitrogens is 3. The summed E-state index contributed by atoms with van der Waals surface area (Å²) in [6.07, 6.45) is 1.76. The molecule has 0 aliphatic heterocycles. The van der Waals surface area contributed by atoms with Crippen molar-refractivity contribution >= 4 is 23.1 Å². The number of carbonyl (C=O) groups excluding carboxylic acids is 1. The van der Waals surface area contributed by atoms with Gasteiger partial charge in [0, 0.05) is 24.7 Å². The molecule has 33 heavy (non-hydrogen) atoms. The zero-order valence-corrected chi connectivity index (χ0v) is 18.9. The summed E-state index contributed by atoms with van der Waals surface area (Å²) in [5.74, 6) is 2.28. The van der Waals surface area contributed by atoms with Crippen molar-refractivity contribution < 1.29 is 19.0 Å². The maximum absolute atomic E-state index is 11.4. The van der Waals surface area contributed by atoms with Gasteiger partial charge in [0.05, 0.1) is 33.2 Å². The molecule has 0 aliphatic carbocycles. The molecule has 4 aromatic rings. The number of ether oxygens (including phenoxy) is 3. The molecule has 9 heteroatoms. The minimum absolute atomic E-state index is 0.123. The molecule has 9 nitrogen and oxygen atoms in total. The molecule has 0 radical (unpaired) electrons. The number of rotatable bonds is 8. The van der Waals surface area contributed by atoms with Crippen molar-refractivity contribution in [3.63, 3.8) is 0 Å². The molecule has 1 amide bonds. The van der Waals surface area contributed by atoms with Crippen molar-refractivity contribution in [3.05, 3.63) is 60.3 Å². The molecule has 170 valence electrons. The van der Waals surface area contributed by atoms with Gasteiger partial charge in [-0.3, -0.25) is 4.79 Å². The van der Waals surface area contributed by atoms with E-state index in [1.54, 1.807) is 32.0 Å². The Morgan fingerprint density at radius 1 is 1.00 bits per heavy atom. The van der Waals surface area contributed by atoms with Crippen LogP contribution >= 0.6 is 0 Å². The van der Waals surface area contributed by atoms with E-state index in [2.05, 4.69) is 15.6 Å². The van der Waals surface area contributed by atoms with Crippen molar-refractivity contribution in [1.29, 1.82) is 0 Å². The predicted molar refractivity (Wildman–Crippen MR) is 126 cm³/mol. The van der Waals surface area contributed by atoms with E-state index in [1.165, 1.54) is 6.92 Å². The Balaban J connectivity index is 1.60. The Morgan fingerprint density at radius 3 is 2.42 bits per heavy atom. The van der Waals surface area contributed by atoms with Gasteiger partial charge in [-0.2, -0.15) is 0 Å². The van der Waals surface area contributed by atoms with Crippen LogP contribution in [-0.4, -0.2) is 41.8 Å². The van der Waals surface area contributed by atoms with E-state index in [9.17, 15) is 4.79 Å². The van der Waals surface area contributed by atoms with Crippen LogP contribution in [0.5, 0.6) is 17.2 Å². The van der Waals surface area contributed by atoms with Crippen molar-refractivity contribution in [1.82, 2.24) is 14.6 Å². The number of fused-ring (bicyclic) bond motifs is 1. The van der Waals surface area contributed by atoms with Crippen LogP contribution in [0, 0.1) is 0 Å². The lowest BCUT2D eigenvalue weighted by Gasteiger charge is -2.14. The maximum Gasteiger partial charge on any atom is 0.221 e. The Kier molecular flexibility index (Phi) is 6.30. The average molecular weight is 447 g/mol. The summed E-state index contributed by atoms with van der Waals surface area (Å²) in [4.78, 5) is 15.8. The molecular weight excluding hydrogens is 422 g/mol. The van der Waals surface area contributed by atoms with Gasteiger partial charge in [-0.05, 0) is 42.0 Å². The molecule has 0 saturated heterocycles. The molecule has 4 rings (SSSR count). The third-order valence-electron chi connectivity index (χ3n) is 5.04. The Hall–Kier alpha value is -4.27. The third kappa shape index (κ3) is 4.67. The quantitative estimate of drug-likeness (QED) is 0.421. The molecule has 2 heterocycles. The number of hydrogen-bond donors (Lipinski definition) is 2. The van der Waals surface area contributed by atoms with Crippen LogP contribution < -0.4 is 24.8 Å². The van der Waals surface area contributed by atoms with E-state index >= 15 is 0 Å². The number of carbonyl (C=O) groups is 1. The minimum Gasteiger partial charge on any atom is -0.493 e. The molecular formula is C24H25N5O4. The number of nitrogens with zero attached hydrogens (tertiary/aromatic N) is 3. The van der Waals surface area contributed by atoms with Gasteiger partial charge in [0.1, 0.15) is 5.82 Å². The molecule has 0 fully saturated rings. The summed E-state index contributed by atoms with van der Waals surface area (Å²) in [5, 5.41) is 10.8. The second-order valence-corrected chi connectivity index (χ2v) is 7.28. The van der Waals surface area contributed by atoms with E-state index in [-0.39, 0.29) is 5.91 Å². The van der Waals surface area contributed by atoms with Gasteiger partial charge in [0.2, 0.25) is 11.7 Å². The number of methoxy groups -OCH3 is 3. The van der Waals surface area contributed by atoms with Gasteiger partial charge in [-0.1, -0.05) is 12.1 Å². The Labute approximate surface area is 191 Å². The smallest absolute Gasteiger partial charge is 0.221 e. The summed E-state index contributed by atoms with van der Waals surface area (Å²) in [6, 6.07) is 15.1. The zero-order valence-electron chi connectivity index (χ0n) is 18.9. The lowest BCUT2D eigenvalue weighted by molar-refractivity contribution is -0.114. The first-order valence-electron chi connectivity index (χ1n) is 10.3. The zero-order chi connectivity index (χ0) is 23.4. The number of hydrogen-bond acceptors (Lipinski definition) is 7. The molecule has 2 N–H and O–H groups in total. The maximum atomic E-state index is 11.4. The van der Waals surface area contributed by atoms with Crippen molar-refractivity contribution in [2.45, 2.75) is 13.5 Å². The highest BCUT2D eigenvalue weighted by Crippen LogP contribution is 2.38. The molecule has 0 spiro atoms. The summed E-state index contributed by atoms with van der Waals surface area (Å²) in [7, 11) is 4.75. The van der Waals surface area contributed by atoms with E-state index in [4.69, 9.17) is 19.3 Å². The van der Waals surface area contributed by atoms with Crippen LogP contribution in [0.1, 0.15) is 12.5 Å². The van der Waals surface area contributed by atoms with E-state index in [0.717, 1.165) is 16.8 Å². The first kappa shape index (κ1) is 21.9. The number of benzene rings is 2. The first-order chi connectivity index (χ1) is 16.0. The van der Waals surface area contributed by atoms with Crippen molar-refractivity contribution in [3.8, 4) is 28.5 Å². The normalized spacial score (nSPS) is 10.7. The third-order valence-corrected chi connectivity index (χ3v) is 5.04. The summed E-state index contributed by atoms with van der Waals surface area (Å²) in [5.41, 5.74) is 4.08. The first-order valence-corrected chi connectivity index (χ1v) is 10.3. The van der Waals surface area contributed by atoms with E-state index in [1.807, 2.05) is 48.5 Å². The van der Waals surface area contributed by atoms with Crippen LogP contribution in [0.15, 0.2) is 54.7 Å². The lowest BCUT2D eigenvalue weighted by Crippen LogP contribution is -2.06. The number of anilines is 2. The van der Waals surface area contributed by atoms with Gasteiger partial charge in [-0.15, -0.1) is 5.10 Å². The summed E-state index contributed by atoms with van der Waals surface area (Å²) < 4.78 is 18.0. The molecule has 0 bridgehead atoms. The van der Waals surface area contributed by atoms with Crippen molar-refractivity contribution in [2.24, 2.45) is 0 Å². The largest absolute Gasteiger partial charge is 0.493 e. The van der Waals surface area contributed by atoms with Crippen LogP contribution in [0.4, 0.5) is 11.5 Å². The van der Waals surface area contributed by atoms with E-state index in [0.29, 0.717) is 40.9 Å². The molecule has 0 unspecified atom stereocenters. The highest BCUT2D eigenvalue weighted by Gasteiger charge is 2.14. The van der Waals surface area contributed by atoms with Gasteiger partial charge in [-0.25, -0.2) is 9.50 Å². The predicted octanol–water partition coefficient (Wildman–Crippen LogP) is 3.99. The fourth-order valence-corrected chi connectivity index (χ4v) is 3.55. The van der Waals surface area contributed by atoms with Gasteiger partial charge >= 0.3 is 0 Å². The Bertz CT molecular complexity index is 1280. The molecule has 0 saturated carbocycles. The van der Waals surface area contributed by atoms with Crippen LogP contribution in [0.3, 0.4) is 0 Å². The molecule has 0 atom stereocenters. The summed E-state index contributed by atoms with van der Waals surface area (Å²) >= 11 is 0. The lowest BCUT2D eigenvalue weighted by atomic mass is 10.1. The molecule has 2 aromatic heterocycles. The van der Waals surface area contributed by atoms with Gasteiger partial charge in [0.15, 0.2) is 17.1 Å². The van der Waals surface area contributed by atoms with Crippen LogP contribution in [-0.2, 0) is 11.3 Å². The highest BCUT2D eigenvalue weighted by molar-refractivity contribution is 5.89. The number of nitrogens with one attached hydrogen (secondary N) is 2. The second-order valence-electron chi connectivity index (χ2n) is 7.28. The van der Waals surface area contributed by atoms with Crippen molar-refractivity contribution in [2.75, 3.05) is 32.0 Å². The number of amides is 1. The highest BCUT2D eigenvalue weighted by atomic mass is 16.5. The monoisotopic (exact) mass is 447 g/mol. The fourth-order valence-electron chi connectivity index (χ4n) is 3.55. The summed E-state index contributed by atoms with van der Waals surface area (Å²) in [6.45, 7) is 1.98. The van der Waals surface area contributed by atoms with Gasteiger partial charge < -0.3 is 24.8 Å². The number of imidazole rings is 1. The van der Waals surface area contributed by atoms with E-state index < -0.39 is 0 Å². The second kappa shape index (κ2) is 9.47. The molecule has 0 aliphatic rings. The van der Waals surface area contributed by atoms with Crippen LogP contribution in [0.2, 0.25) is 0 Å². The van der Waals surface area contributed by atoms with Gasteiger partial charge in [0.25, 0.3) is 0 Å². The topological polar surface area (TPSA) is 99.0 Å². The average Bonchev–Trinajstić information content (AvgIpc) is 3.25. The SMILES string of the molecule is COc1cc(CNc2ccc3ncc(-c4cccc(NC(C)=O)c4)n3n2)cc(OC)c1OC.